The molecule has 1 aromatic heterocycles. The number of nitrogens with zero attached hydrogens (tertiary/aromatic N) is 1. The molecule has 3 rings (SSSR count). The van der Waals surface area contributed by atoms with Gasteiger partial charge < -0.3 is 20.5 Å². The lowest BCUT2D eigenvalue weighted by molar-refractivity contribution is -0.117. The minimum absolute atomic E-state index is 0.0161. The second kappa shape index (κ2) is 8.67. The van der Waals surface area contributed by atoms with Gasteiger partial charge in [-0.2, -0.15) is 0 Å². The number of carbonyl (C=O) groups is 1. The van der Waals surface area contributed by atoms with Gasteiger partial charge in [0.15, 0.2) is 11.5 Å². The van der Waals surface area contributed by atoms with Crippen molar-refractivity contribution >= 4 is 11.6 Å². The number of nitrogens with one attached hydrogen (secondary N) is 1. The van der Waals surface area contributed by atoms with E-state index in [1.807, 2.05) is 18.2 Å². The molecule has 0 radical (unpaired) electrons. The van der Waals surface area contributed by atoms with E-state index in [1.54, 1.807) is 31.6 Å². The van der Waals surface area contributed by atoms with Crippen LogP contribution in [0.15, 0.2) is 42.7 Å². The van der Waals surface area contributed by atoms with Gasteiger partial charge in [-0.3, -0.25) is 9.78 Å². The van der Waals surface area contributed by atoms with Crippen molar-refractivity contribution in [2.45, 2.75) is 38.3 Å². The first-order valence-corrected chi connectivity index (χ1v) is 8.91. The molecule has 6 nitrogen and oxygen atoms in total. The van der Waals surface area contributed by atoms with Gasteiger partial charge in [0.2, 0.25) is 5.91 Å². The second-order valence-corrected chi connectivity index (χ2v) is 6.62. The number of rotatable bonds is 7. The lowest BCUT2D eigenvalue weighted by Gasteiger charge is -2.16. The van der Waals surface area contributed by atoms with Gasteiger partial charge in [-0.15, -0.1) is 0 Å². The molecule has 2 atom stereocenters. The van der Waals surface area contributed by atoms with E-state index in [9.17, 15) is 4.79 Å². The van der Waals surface area contributed by atoms with Gasteiger partial charge in [-0.05, 0) is 48.6 Å². The fraction of sp³-hybridized carbons (Fsp3) is 0.400. The van der Waals surface area contributed by atoms with E-state index >= 15 is 0 Å². The summed E-state index contributed by atoms with van der Waals surface area (Å²) in [7, 11) is 1.59. The van der Waals surface area contributed by atoms with Gasteiger partial charge in [-0.25, -0.2) is 0 Å². The smallest absolute Gasteiger partial charge is 0.224 e. The van der Waals surface area contributed by atoms with Gasteiger partial charge in [-0.1, -0.05) is 6.42 Å². The molecular weight excluding hydrogens is 330 g/mol. The fourth-order valence-electron chi connectivity index (χ4n) is 3.28. The molecule has 1 heterocycles. The highest BCUT2D eigenvalue weighted by Gasteiger charge is 2.26. The van der Waals surface area contributed by atoms with Crippen molar-refractivity contribution in [2.75, 3.05) is 12.4 Å². The zero-order valence-corrected chi connectivity index (χ0v) is 15.0. The molecule has 0 spiro atoms. The predicted octanol–water partition coefficient (Wildman–Crippen LogP) is 3.13. The van der Waals surface area contributed by atoms with Gasteiger partial charge in [0.05, 0.1) is 7.11 Å². The van der Waals surface area contributed by atoms with E-state index in [4.69, 9.17) is 15.2 Å². The Hall–Kier alpha value is -2.60. The average molecular weight is 355 g/mol. The van der Waals surface area contributed by atoms with Crippen LogP contribution in [0.3, 0.4) is 0 Å². The Morgan fingerprint density at radius 1 is 1.23 bits per heavy atom. The number of hydrogen-bond donors (Lipinski definition) is 2. The van der Waals surface area contributed by atoms with Crippen molar-refractivity contribution in [3.05, 3.63) is 48.3 Å². The number of benzene rings is 1. The van der Waals surface area contributed by atoms with Gasteiger partial charge in [0.25, 0.3) is 0 Å². The maximum atomic E-state index is 12.3. The molecule has 1 saturated carbocycles. The van der Waals surface area contributed by atoms with Crippen LogP contribution in [0.5, 0.6) is 11.5 Å². The third-order valence-electron chi connectivity index (χ3n) is 4.76. The Bertz CT molecular complexity index is 736. The van der Waals surface area contributed by atoms with Crippen LogP contribution in [-0.4, -0.2) is 24.0 Å². The normalized spacial score (nSPS) is 19.2. The van der Waals surface area contributed by atoms with Crippen molar-refractivity contribution < 1.29 is 14.3 Å². The van der Waals surface area contributed by atoms with Crippen LogP contribution < -0.4 is 20.5 Å². The minimum Gasteiger partial charge on any atom is -0.493 e. The van der Waals surface area contributed by atoms with Gasteiger partial charge >= 0.3 is 0 Å². The van der Waals surface area contributed by atoms with Crippen LogP contribution in [0, 0.1) is 5.92 Å². The van der Waals surface area contributed by atoms with E-state index in [0.717, 1.165) is 24.8 Å². The molecule has 26 heavy (non-hydrogen) atoms. The summed E-state index contributed by atoms with van der Waals surface area (Å²) in [6, 6.07) is 9.30. The van der Waals surface area contributed by atoms with Crippen molar-refractivity contribution in [1.82, 2.24) is 4.98 Å². The zero-order chi connectivity index (χ0) is 18.4. The number of carbonyl (C=O) groups excluding carboxylic acids is 1. The molecule has 1 aromatic carbocycles. The summed E-state index contributed by atoms with van der Waals surface area (Å²) in [6.07, 6.45) is 7.04. The summed E-state index contributed by atoms with van der Waals surface area (Å²) in [5, 5.41) is 2.94. The van der Waals surface area contributed by atoms with Crippen molar-refractivity contribution in [2.24, 2.45) is 11.7 Å². The van der Waals surface area contributed by atoms with Gasteiger partial charge in [0, 0.05) is 36.6 Å². The van der Waals surface area contributed by atoms with Crippen LogP contribution in [0.2, 0.25) is 0 Å². The number of pyridine rings is 1. The number of hydrogen-bond acceptors (Lipinski definition) is 5. The van der Waals surface area contributed by atoms with E-state index < -0.39 is 0 Å². The maximum Gasteiger partial charge on any atom is 0.224 e. The fourth-order valence-corrected chi connectivity index (χ4v) is 3.28. The first-order chi connectivity index (χ1) is 12.7. The molecule has 2 aromatic rings. The Kier molecular flexibility index (Phi) is 6.07. The third kappa shape index (κ3) is 4.73. The molecule has 3 N–H and O–H groups in total. The number of aromatic nitrogens is 1. The number of methoxy groups -OCH3 is 1. The highest BCUT2D eigenvalue weighted by molar-refractivity contribution is 5.91. The number of ether oxygens (including phenoxy) is 2. The topological polar surface area (TPSA) is 86.5 Å². The molecule has 138 valence electrons. The summed E-state index contributed by atoms with van der Waals surface area (Å²) in [6.45, 7) is 0.396. The monoisotopic (exact) mass is 355 g/mol. The number of anilines is 1. The number of nitrogens with two attached hydrogens (primary N) is 1. The molecule has 0 aliphatic heterocycles. The van der Waals surface area contributed by atoms with Crippen molar-refractivity contribution in [3.63, 3.8) is 0 Å². The first-order valence-electron chi connectivity index (χ1n) is 8.91. The molecule has 6 heteroatoms. The van der Waals surface area contributed by atoms with Crippen molar-refractivity contribution in [1.29, 1.82) is 0 Å². The van der Waals surface area contributed by atoms with Crippen LogP contribution >= 0.6 is 0 Å². The lowest BCUT2D eigenvalue weighted by atomic mass is 10.00. The van der Waals surface area contributed by atoms with E-state index in [-0.39, 0.29) is 17.9 Å². The second-order valence-electron chi connectivity index (χ2n) is 6.62. The van der Waals surface area contributed by atoms with E-state index in [1.165, 1.54) is 0 Å². The molecule has 1 fully saturated rings. The summed E-state index contributed by atoms with van der Waals surface area (Å²) in [5.74, 6) is 1.46. The van der Waals surface area contributed by atoms with Crippen LogP contribution in [-0.2, 0) is 11.4 Å². The van der Waals surface area contributed by atoms with Crippen LogP contribution in [0.25, 0.3) is 0 Å². The lowest BCUT2D eigenvalue weighted by Crippen LogP contribution is -2.28. The van der Waals surface area contributed by atoms with Crippen molar-refractivity contribution in [3.8, 4) is 11.5 Å². The Labute approximate surface area is 153 Å². The molecular formula is C20H25N3O3. The van der Waals surface area contributed by atoms with Crippen LogP contribution in [0.4, 0.5) is 5.69 Å². The predicted molar refractivity (Wildman–Crippen MR) is 100 cm³/mol. The summed E-state index contributed by atoms with van der Waals surface area (Å²) < 4.78 is 11.2. The summed E-state index contributed by atoms with van der Waals surface area (Å²) in [4.78, 5) is 16.3. The first kappa shape index (κ1) is 18.2. The summed E-state index contributed by atoms with van der Waals surface area (Å²) >= 11 is 0. The molecule has 0 bridgehead atoms. The quantitative estimate of drug-likeness (QED) is 0.797. The molecule has 1 aliphatic carbocycles. The van der Waals surface area contributed by atoms with Gasteiger partial charge in [0.1, 0.15) is 6.61 Å². The minimum atomic E-state index is -0.0161. The highest BCUT2D eigenvalue weighted by atomic mass is 16.5. The highest BCUT2D eigenvalue weighted by Crippen LogP contribution is 2.32. The molecule has 0 unspecified atom stereocenters. The molecule has 1 amide bonds. The van der Waals surface area contributed by atoms with E-state index in [2.05, 4.69) is 10.3 Å². The SMILES string of the molecule is COc1ccc(NC(=O)C[C@@H]2CCC[C@H]2N)cc1OCc1ccncc1. The summed E-state index contributed by atoms with van der Waals surface area (Å²) in [5.41, 5.74) is 7.75. The maximum absolute atomic E-state index is 12.3. The Balaban J connectivity index is 1.63. The van der Waals surface area contributed by atoms with E-state index in [0.29, 0.717) is 30.2 Å². The average Bonchev–Trinajstić information content (AvgIpc) is 3.05. The molecule has 0 saturated heterocycles. The Morgan fingerprint density at radius 2 is 2.04 bits per heavy atom. The largest absolute Gasteiger partial charge is 0.493 e. The standard InChI is InChI=1S/C20H25N3O3/c1-25-18-6-5-16(23-20(24)11-15-3-2-4-17(15)21)12-19(18)26-13-14-7-9-22-10-8-14/h5-10,12,15,17H,2-4,11,13,21H2,1H3,(H,23,24)/t15-,17+/m0/s1. The Morgan fingerprint density at radius 3 is 2.73 bits per heavy atom. The van der Waals surface area contributed by atoms with Crippen LogP contribution in [0.1, 0.15) is 31.2 Å². The zero-order valence-electron chi connectivity index (χ0n) is 15.0. The third-order valence-corrected chi connectivity index (χ3v) is 4.76. The number of amides is 1. The molecule has 1 aliphatic rings.